The third-order valence-electron chi connectivity index (χ3n) is 5.47. The molecule has 1 atom stereocenters. The normalized spacial score (nSPS) is 15.8. The molecule has 0 saturated heterocycles. The standard InChI is InChI=1S/C23H26Cl2N2O3S/c1-4-27(22(30)26-17-8-6-16(24)7-9-17)18-10-5-14-13-20(19(25)12-15(14)11-18)31-23(2,3)21(28)29/h6-9,12-13,18H,4-5,10-11H2,1-3H3,(H,26,30)(H,28,29). The molecule has 0 spiro atoms. The molecule has 1 unspecified atom stereocenters. The first kappa shape index (κ1) is 23.8. The van der Waals surface area contributed by atoms with E-state index in [0.29, 0.717) is 28.7 Å². The number of hydrogen-bond donors (Lipinski definition) is 2. The van der Waals surface area contributed by atoms with E-state index in [9.17, 15) is 14.7 Å². The highest BCUT2D eigenvalue weighted by Gasteiger charge is 2.31. The number of nitrogens with zero attached hydrogens (tertiary/aromatic N) is 1. The van der Waals surface area contributed by atoms with Gasteiger partial charge in [0.25, 0.3) is 0 Å². The summed E-state index contributed by atoms with van der Waals surface area (Å²) in [5.41, 5.74) is 2.98. The van der Waals surface area contributed by atoms with Gasteiger partial charge in [-0.25, -0.2) is 4.79 Å². The number of hydrogen-bond acceptors (Lipinski definition) is 3. The van der Waals surface area contributed by atoms with Crippen molar-refractivity contribution in [2.24, 2.45) is 0 Å². The van der Waals surface area contributed by atoms with Crippen molar-refractivity contribution in [1.82, 2.24) is 4.90 Å². The van der Waals surface area contributed by atoms with Crippen LogP contribution >= 0.6 is 35.0 Å². The largest absolute Gasteiger partial charge is 0.480 e. The molecule has 166 valence electrons. The second-order valence-electron chi connectivity index (χ2n) is 8.09. The van der Waals surface area contributed by atoms with Crippen molar-refractivity contribution in [3.63, 3.8) is 0 Å². The molecule has 0 aliphatic heterocycles. The number of likely N-dealkylation sites (N-methyl/N-ethyl adjacent to an activating group) is 1. The number of anilines is 1. The van der Waals surface area contributed by atoms with E-state index in [1.54, 1.807) is 38.1 Å². The highest BCUT2D eigenvalue weighted by molar-refractivity contribution is 8.01. The molecule has 2 amide bonds. The van der Waals surface area contributed by atoms with Crippen LogP contribution in [-0.2, 0) is 17.6 Å². The number of carboxylic acids is 1. The summed E-state index contributed by atoms with van der Waals surface area (Å²) in [4.78, 5) is 27.0. The molecule has 0 radical (unpaired) electrons. The van der Waals surface area contributed by atoms with Crippen molar-refractivity contribution in [3.8, 4) is 0 Å². The lowest BCUT2D eigenvalue weighted by atomic mass is 9.87. The number of fused-ring (bicyclic) bond motifs is 1. The Morgan fingerprint density at radius 2 is 1.87 bits per heavy atom. The summed E-state index contributed by atoms with van der Waals surface area (Å²) < 4.78 is -0.964. The second kappa shape index (κ2) is 9.72. The predicted octanol–water partition coefficient (Wildman–Crippen LogP) is 6.36. The fourth-order valence-electron chi connectivity index (χ4n) is 3.70. The number of nitrogens with one attached hydrogen (secondary N) is 1. The van der Waals surface area contributed by atoms with Gasteiger partial charge in [-0.05, 0) is 87.6 Å². The summed E-state index contributed by atoms with van der Waals surface area (Å²) >= 11 is 13.7. The zero-order valence-electron chi connectivity index (χ0n) is 17.7. The van der Waals surface area contributed by atoms with Gasteiger partial charge in [0, 0.05) is 28.2 Å². The lowest BCUT2D eigenvalue weighted by Gasteiger charge is -2.35. The summed E-state index contributed by atoms with van der Waals surface area (Å²) in [5.74, 6) is -0.878. The second-order valence-corrected chi connectivity index (χ2v) is 10.6. The van der Waals surface area contributed by atoms with Crippen molar-refractivity contribution in [2.45, 2.75) is 55.7 Å². The Bertz CT molecular complexity index is 980. The first-order valence-electron chi connectivity index (χ1n) is 10.2. The summed E-state index contributed by atoms with van der Waals surface area (Å²) in [5, 5.41) is 13.5. The molecule has 0 bridgehead atoms. The average molecular weight is 481 g/mol. The van der Waals surface area contributed by atoms with E-state index in [4.69, 9.17) is 23.2 Å². The number of carboxylic acid groups (broad SMARTS) is 1. The number of urea groups is 1. The number of rotatable bonds is 6. The molecule has 1 aliphatic carbocycles. The Morgan fingerprint density at radius 3 is 2.48 bits per heavy atom. The average Bonchev–Trinajstić information content (AvgIpc) is 2.70. The summed E-state index contributed by atoms with van der Waals surface area (Å²) in [7, 11) is 0. The van der Waals surface area contributed by atoms with E-state index >= 15 is 0 Å². The Kier molecular flexibility index (Phi) is 7.45. The lowest BCUT2D eigenvalue weighted by molar-refractivity contribution is -0.138. The molecule has 2 aromatic rings. The number of thioether (sulfide) groups is 1. The molecule has 2 aromatic carbocycles. The summed E-state index contributed by atoms with van der Waals surface area (Å²) in [6.45, 7) is 5.90. The molecule has 5 nitrogen and oxygen atoms in total. The van der Waals surface area contributed by atoms with E-state index in [1.165, 1.54) is 17.3 Å². The molecule has 0 aromatic heterocycles. The third kappa shape index (κ3) is 5.68. The molecule has 2 N–H and O–H groups in total. The molecule has 8 heteroatoms. The predicted molar refractivity (Wildman–Crippen MR) is 128 cm³/mol. The maximum Gasteiger partial charge on any atom is 0.322 e. The van der Waals surface area contributed by atoms with E-state index in [0.717, 1.165) is 23.3 Å². The molecule has 0 fully saturated rings. The maximum absolute atomic E-state index is 12.9. The zero-order chi connectivity index (χ0) is 22.8. The number of benzene rings is 2. The first-order valence-corrected chi connectivity index (χ1v) is 11.7. The van der Waals surface area contributed by atoms with E-state index in [2.05, 4.69) is 5.32 Å². The van der Waals surface area contributed by atoms with Crippen molar-refractivity contribution in [3.05, 3.63) is 57.6 Å². The van der Waals surface area contributed by atoms with Gasteiger partial charge in [-0.15, -0.1) is 11.8 Å². The van der Waals surface area contributed by atoms with Crippen LogP contribution in [0.25, 0.3) is 0 Å². The molecule has 1 aliphatic rings. The van der Waals surface area contributed by atoms with Crippen molar-refractivity contribution in [2.75, 3.05) is 11.9 Å². The number of halogens is 2. The fourth-order valence-corrected chi connectivity index (χ4v) is 5.12. The number of aliphatic carboxylic acids is 1. The van der Waals surface area contributed by atoms with E-state index in [-0.39, 0.29) is 12.1 Å². The van der Waals surface area contributed by atoms with Gasteiger partial charge in [0.05, 0.1) is 5.02 Å². The molecular formula is C23H26Cl2N2O3S. The van der Waals surface area contributed by atoms with Gasteiger partial charge in [-0.3, -0.25) is 4.79 Å². The van der Waals surface area contributed by atoms with E-state index < -0.39 is 10.7 Å². The number of carbonyl (C=O) groups is 2. The van der Waals surface area contributed by atoms with Gasteiger partial charge in [0.15, 0.2) is 0 Å². The Hall–Kier alpha value is -1.89. The maximum atomic E-state index is 12.9. The minimum Gasteiger partial charge on any atom is -0.480 e. The highest BCUT2D eigenvalue weighted by Crippen LogP contribution is 2.40. The quantitative estimate of drug-likeness (QED) is 0.471. The van der Waals surface area contributed by atoms with Crippen LogP contribution in [0.4, 0.5) is 10.5 Å². The van der Waals surface area contributed by atoms with Gasteiger partial charge in [0.2, 0.25) is 0 Å². The van der Waals surface area contributed by atoms with Crippen molar-refractivity contribution < 1.29 is 14.7 Å². The monoisotopic (exact) mass is 480 g/mol. The highest BCUT2D eigenvalue weighted by atomic mass is 35.5. The lowest BCUT2D eigenvalue weighted by Crippen LogP contribution is -2.45. The first-order chi connectivity index (χ1) is 14.6. The van der Waals surface area contributed by atoms with Crippen LogP contribution in [0.15, 0.2) is 41.3 Å². The Balaban J connectivity index is 1.74. The third-order valence-corrected chi connectivity index (χ3v) is 7.39. The van der Waals surface area contributed by atoms with Crippen LogP contribution in [-0.4, -0.2) is 39.3 Å². The van der Waals surface area contributed by atoms with Gasteiger partial charge in [-0.2, -0.15) is 0 Å². The minimum atomic E-state index is -0.964. The van der Waals surface area contributed by atoms with Gasteiger partial charge in [-0.1, -0.05) is 23.2 Å². The zero-order valence-corrected chi connectivity index (χ0v) is 20.1. The van der Waals surface area contributed by atoms with Gasteiger partial charge >= 0.3 is 12.0 Å². The van der Waals surface area contributed by atoms with Gasteiger partial charge in [0.1, 0.15) is 4.75 Å². The van der Waals surface area contributed by atoms with Crippen LogP contribution in [0.2, 0.25) is 10.0 Å². The number of amides is 2. The van der Waals surface area contributed by atoms with Crippen LogP contribution in [0.5, 0.6) is 0 Å². The van der Waals surface area contributed by atoms with Crippen molar-refractivity contribution in [1.29, 1.82) is 0 Å². The Morgan fingerprint density at radius 1 is 1.19 bits per heavy atom. The SMILES string of the molecule is CCN(C(=O)Nc1ccc(Cl)cc1)C1CCc2cc(SC(C)(C)C(=O)O)c(Cl)cc2C1. The topological polar surface area (TPSA) is 69.6 Å². The molecule has 31 heavy (non-hydrogen) atoms. The van der Waals surface area contributed by atoms with Gasteiger partial charge < -0.3 is 15.3 Å². The molecule has 0 heterocycles. The van der Waals surface area contributed by atoms with Crippen LogP contribution in [0.3, 0.4) is 0 Å². The molecular weight excluding hydrogens is 455 g/mol. The minimum absolute atomic E-state index is 0.0647. The van der Waals surface area contributed by atoms with E-state index in [1.807, 2.05) is 24.0 Å². The van der Waals surface area contributed by atoms with Crippen LogP contribution in [0.1, 0.15) is 38.3 Å². The van der Waals surface area contributed by atoms with Crippen LogP contribution in [0, 0.1) is 0 Å². The molecule has 3 rings (SSSR count). The van der Waals surface area contributed by atoms with Crippen LogP contribution < -0.4 is 5.32 Å². The molecule has 0 saturated carbocycles. The summed E-state index contributed by atoms with van der Waals surface area (Å²) in [6, 6.07) is 10.9. The smallest absolute Gasteiger partial charge is 0.322 e. The Labute approximate surface area is 197 Å². The van der Waals surface area contributed by atoms with Crippen molar-refractivity contribution >= 4 is 52.7 Å². The number of aryl methyl sites for hydroxylation is 1. The summed E-state index contributed by atoms with van der Waals surface area (Å²) in [6.07, 6.45) is 2.36. The fraction of sp³-hybridized carbons (Fsp3) is 0.391. The number of carbonyl (C=O) groups excluding carboxylic acids is 1.